The minimum Gasteiger partial charge on any atom is -0.311 e. The summed E-state index contributed by atoms with van der Waals surface area (Å²) in [5.41, 5.74) is 1.44. The number of piperidine rings is 1. The molecule has 2 atom stereocenters. The van der Waals surface area contributed by atoms with Crippen molar-refractivity contribution in [2.45, 2.75) is 65.0 Å². The molecule has 0 amide bonds. The maximum Gasteiger partial charge on any atom is 0.0165 e. The van der Waals surface area contributed by atoms with Crippen LogP contribution in [0.5, 0.6) is 0 Å². The maximum absolute atomic E-state index is 3.87. The molecular formula is C16H30N2. The van der Waals surface area contributed by atoms with E-state index in [9.17, 15) is 0 Å². The second-order valence-electron chi connectivity index (χ2n) is 6.41. The number of nitrogens with one attached hydrogen (secondary N) is 1. The summed E-state index contributed by atoms with van der Waals surface area (Å²) in [5.74, 6) is 0.999. The van der Waals surface area contributed by atoms with Crippen LogP contribution < -0.4 is 5.32 Å². The topological polar surface area (TPSA) is 15.3 Å². The van der Waals surface area contributed by atoms with E-state index in [1.807, 2.05) is 0 Å². The van der Waals surface area contributed by atoms with Crippen LogP contribution in [0.1, 0.15) is 52.9 Å². The second-order valence-corrected chi connectivity index (χ2v) is 6.41. The van der Waals surface area contributed by atoms with Gasteiger partial charge in [0.25, 0.3) is 0 Å². The molecule has 2 fully saturated rings. The third-order valence-corrected chi connectivity index (χ3v) is 4.38. The maximum atomic E-state index is 3.87. The van der Waals surface area contributed by atoms with Crippen molar-refractivity contribution < 1.29 is 0 Å². The Morgan fingerprint density at radius 1 is 1.28 bits per heavy atom. The average Bonchev–Trinajstić information content (AvgIpc) is 3.07. The summed E-state index contributed by atoms with van der Waals surface area (Å²) in [6.07, 6.45) is 9.25. The van der Waals surface area contributed by atoms with Gasteiger partial charge in [-0.15, -0.1) is 0 Å². The van der Waals surface area contributed by atoms with Gasteiger partial charge >= 0.3 is 0 Å². The largest absolute Gasteiger partial charge is 0.311 e. The zero-order chi connectivity index (χ0) is 13.0. The highest BCUT2D eigenvalue weighted by Gasteiger charge is 2.37. The Balaban J connectivity index is 1.61. The third-order valence-electron chi connectivity index (χ3n) is 4.38. The molecule has 0 aromatic rings. The van der Waals surface area contributed by atoms with E-state index in [2.05, 4.69) is 37.1 Å². The van der Waals surface area contributed by atoms with Crippen molar-refractivity contribution in [3.63, 3.8) is 0 Å². The standard InChI is InChI=1S/C16H30N2/c1-4-5-14-12-16(14)17-15-7-10-18(11-8-15)9-6-13(2)3/h6,14-17H,4-5,7-12H2,1-3H3. The van der Waals surface area contributed by atoms with Gasteiger partial charge in [-0.1, -0.05) is 25.0 Å². The summed E-state index contributed by atoms with van der Waals surface area (Å²) >= 11 is 0. The lowest BCUT2D eigenvalue weighted by atomic mass is 10.0. The molecule has 1 heterocycles. The Kier molecular flexibility index (Phi) is 5.25. The monoisotopic (exact) mass is 250 g/mol. The van der Waals surface area contributed by atoms with E-state index in [-0.39, 0.29) is 0 Å². The lowest BCUT2D eigenvalue weighted by Crippen LogP contribution is -2.43. The van der Waals surface area contributed by atoms with Gasteiger partial charge in [-0.05, 0) is 58.5 Å². The quantitative estimate of drug-likeness (QED) is 0.728. The van der Waals surface area contributed by atoms with Gasteiger partial charge in [-0.3, -0.25) is 4.90 Å². The summed E-state index contributed by atoms with van der Waals surface area (Å²) in [5, 5.41) is 3.87. The van der Waals surface area contributed by atoms with Crippen LogP contribution in [0.3, 0.4) is 0 Å². The van der Waals surface area contributed by atoms with Crippen LogP contribution in [-0.4, -0.2) is 36.6 Å². The van der Waals surface area contributed by atoms with E-state index < -0.39 is 0 Å². The highest BCUT2D eigenvalue weighted by Crippen LogP contribution is 2.35. The van der Waals surface area contributed by atoms with Crippen molar-refractivity contribution in [1.29, 1.82) is 0 Å². The fourth-order valence-corrected chi connectivity index (χ4v) is 3.04. The molecule has 18 heavy (non-hydrogen) atoms. The van der Waals surface area contributed by atoms with E-state index in [0.29, 0.717) is 0 Å². The van der Waals surface area contributed by atoms with E-state index in [1.54, 1.807) is 0 Å². The van der Waals surface area contributed by atoms with Gasteiger partial charge in [-0.25, -0.2) is 0 Å². The van der Waals surface area contributed by atoms with Gasteiger partial charge in [0.1, 0.15) is 0 Å². The molecule has 2 heteroatoms. The number of likely N-dealkylation sites (tertiary alicyclic amines) is 1. The molecule has 0 aromatic heterocycles. The number of hydrogen-bond acceptors (Lipinski definition) is 2. The Labute approximate surface area is 113 Å². The molecule has 2 unspecified atom stereocenters. The number of rotatable bonds is 6. The Morgan fingerprint density at radius 3 is 2.61 bits per heavy atom. The molecule has 1 saturated heterocycles. The van der Waals surface area contributed by atoms with Gasteiger partial charge in [0, 0.05) is 18.6 Å². The Bertz CT molecular complexity index is 273. The molecule has 1 aliphatic heterocycles. The van der Waals surface area contributed by atoms with Crippen molar-refractivity contribution in [1.82, 2.24) is 10.2 Å². The van der Waals surface area contributed by atoms with Crippen molar-refractivity contribution >= 4 is 0 Å². The predicted molar refractivity (Wildman–Crippen MR) is 78.8 cm³/mol. The predicted octanol–water partition coefficient (Wildman–Crippen LogP) is 3.20. The molecule has 1 aliphatic carbocycles. The van der Waals surface area contributed by atoms with Crippen molar-refractivity contribution in [3.8, 4) is 0 Å². The normalized spacial score (nSPS) is 29.3. The third kappa shape index (κ3) is 4.40. The second kappa shape index (κ2) is 6.72. The summed E-state index contributed by atoms with van der Waals surface area (Å²) in [7, 11) is 0. The Morgan fingerprint density at radius 2 is 2.00 bits per heavy atom. The van der Waals surface area contributed by atoms with Gasteiger partial charge in [0.2, 0.25) is 0 Å². The van der Waals surface area contributed by atoms with E-state index in [4.69, 9.17) is 0 Å². The minimum absolute atomic E-state index is 0.791. The minimum atomic E-state index is 0.791. The number of hydrogen-bond donors (Lipinski definition) is 1. The molecule has 0 spiro atoms. The van der Waals surface area contributed by atoms with Crippen molar-refractivity contribution in [2.24, 2.45) is 5.92 Å². The van der Waals surface area contributed by atoms with Crippen LogP contribution in [0.15, 0.2) is 11.6 Å². The van der Waals surface area contributed by atoms with E-state index in [0.717, 1.165) is 24.5 Å². The lowest BCUT2D eigenvalue weighted by Gasteiger charge is -2.32. The van der Waals surface area contributed by atoms with Gasteiger partial charge in [0.15, 0.2) is 0 Å². The van der Waals surface area contributed by atoms with Crippen LogP contribution in [0.25, 0.3) is 0 Å². The molecule has 2 aliphatic rings. The highest BCUT2D eigenvalue weighted by molar-refractivity contribution is 4.97. The summed E-state index contributed by atoms with van der Waals surface area (Å²) in [6.45, 7) is 10.4. The first-order chi connectivity index (χ1) is 8.69. The van der Waals surface area contributed by atoms with Crippen LogP contribution in [0, 0.1) is 5.92 Å². The molecule has 0 bridgehead atoms. The molecule has 2 nitrogen and oxygen atoms in total. The SMILES string of the molecule is CCCC1CC1NC1CCN(CC=C(C)C)CC1. The van der Waals surface area contributed by atoms with Crippen molar-refractivity contribution in [3.05, 3.63) is 11.6 Å². The molecule has 2 rings (SSSR count). The smallest absolute Gasteiger partial charge is 0.0165 e. The zero-order valence-electron chi connectivity index (χ0n) is 12.4. The zero-order valence-corrected chi connectivity index (χ0v) is 12.4. The molecule has 0 radical (unpaired) electrons. The van der Waals surface area contributed by atoms with Crippen LogP contribution in [0.2, 0.25) is 0 Å². The molecule has 1 N–H and O–H groups in total. The van der Waals surface area contributed by atoms with E-state index in [1.165, 1.54) is 50.8 Å². The summed E-state index contributed by atoms with van der Waals surface area (Å²) in [6, 6.07) is 1.65. The first kappa shape index (κ1) is 14.1. The average molecular weight is 250 g/mol. The Hall–Kier alpha value is -0.340. The molecule has 1 saturated carbocycles. The highest BCUT2D eigenvalue weighted by atomic mass is 15.1. The van der Waals surface area contributed by atoms with Crippen LogP contribution >= 0.6 is 0 Å². The number of nitrogens with zero attached hydrogens (tertiary/aromatic N) is 1. The first-order valence-corrected chi connectivity index (χ1v) is 7.80. The molecule has 104 valence electrons. The fourth-order valence-electron chi connectivity index (χ4n) is 3.04. The fraction of sp³-hybridized carbons (Fsp3) is 0.875. The summed E-state index contributed by atoms with van der Waals surface area (Å²) < 4.78 is 0. The molecular weight excluding hydrogens is 220 g/mol. The lowest BCUT2D eigenvalue weighted by molar-refractivity contribution is 0.213. The summed E-state index contributed by atoms with van der Waals surface area (Å²) in [4.78, 5) is 2.58. The first-order valence-electron chi connectivity index (χ1n) is 7.80. The molecule has 0 aromatic carbocycles. The number of allylic oxidation sites excluding steroid dienone is 1. The van der Waals surface area contributed by atoms with Gasteiger partial charge in [-0.2, -0.15) is 0 Å². The van der Waals surface area contributed by atoms with E-state index >= 15 is 0 Å². The van der Waals surface area contributed by atoms with Gasteiger partial charge < -0.3 is 5.32 Å². The van der Waals surface area contributed by atoms with Crippen LogP contribution in [0.4, 0.5) is 0 Å². The van der Waals surface area contributed by atoms with Gasteiger partial charge in [0.05, 0.1) is 0 Å². The van der Waals surface area contributed by atoms with Crippen molar-refractivity contribution in [2.75, 3.05) is 19.6 Å². The van der Waals surface area contributed by atoms with Crippen LogP contribution in [-0.2, 0) is 0 Å².